The van der Waals surface area contributed by atoms with Crippen LogP contribution in [0.25, 0.3) is 0 Å². The minimum absolute atomic E-state index is 0.0529. The average Bonchev–Trinajstić information content (AvgIpc) is 3.03. The van der Waals surface area contributed by atoms with Gasteiger partial charge in [0.1, 0.15) is 5.71 Å². The largest absolute Gasteiger partial charge is 0.454 e. The monoisotopic (exact) mass is 378 g/mol. The molecule has 28 heavy (non-hydrogen) atoms. The fourth-order valence-electron chi connectivity index (χ4n) is 3.26. The molecule has 0 aliphatic carbocycles. The van der Waals surface area contributed by atoms with E-state index in [1.807, 2.05) is 62.3 Å². The van der Waals surface area contributed by atoms with Gasteiger partial charge in [0.25, 0.3) is 0 Å². The number of nitrogens with zero attached hydrogens (tertiary/aromatic N) is 3. The van der Waals surface area contributed by atoms with Gasteiger partial charge in [-0.25, -0.2) is 0 Å². The SMILES string of the molecule is CC1=NN=C(c2ccc(NC(=O)CN(C)C)cc2)c2cc3c(cc2C1)OCO3. The molecule has 0 bridgehead atoms. The van der Waals surface area contributed by atoms with Crippen LogP contribution in [0.5, 0.6) is 11.5 Å². The molecular formula is C21H22N4O3. The van der Waals surface area contributed by atoms with Gasteiger partial charge in [-0.05, 0) is 50.8 Å². The number of benzene rings is 2. The Bertz CT molecular complexity index is 978. The van der Waals surface area contributed by atoms with Gasteiger partial charge < -0.3 is 19.7 Å². The zero-order valence-electron chi connectivity index (χ0n) is 16.2. The van der Waals surface area contributed by atoms with Crippen LogP contribution in [0.2, 0.25) is 0 Å². The fourth-order valence-corrected chi connectivity index (χ4v) is 3.26. The van der Waals surface area contributed by atoms with Crippen LogP contribution in [0, 0.1) is 0 Å². The Morgan fingerprint density at radius 3 is 2.54 bits per heavy atom. The first kappa shape index (κ1) is 18.2. The molecule has 0 saturated heterocycles. The molecule has 1 N–H and O–H groups in total. The molecule has 2 aromatic rings. The summed E-state index contributed by atoms with van der Waals surface area (Å²) < 4.78 is 11.1. The van der Waals surface area contributed by atoms with E-state index in [1.54, 1.807) is 0 Å². The van der Waals surface area contributed by atoms with E-state index in [2.05, 4.69) is 15.5 Å². The van der Waals surface area contributed by atoms with E-state index >= 15 is 0 Å². The molecule has 0 unspecified atom stereocenters. The lowest BCUT2D eigenvalue weighted by molar-refractivity contribution is -0.116. The van der Waals surface area contributed by atoms with Crippen LogP contribution in [0.3, 0.4) is 0 Å². The summed E-state index contributed by atoms with van der Waals surface area (Å²) >= 11 is 0. The van der Waals surface area contributed by atoms with Crippen molar-refractivity contribution in [2.45, 2.75) is 13.3 Å². The van der Waals surface area contributed by atoms with E-state index in [0.717, 1.165) is 45.3 Å². The molecule has 2 aliphatic heterocycles. The van der Waals surface area contributed by atoms with Gasteiger partial charge in [-0.2, -0.15) is 5.10 Å². The van der Waals surface area contributed by atoms with Gasteiger partial charge in [0, 0.05) is 28.9 Å². The van der Waals surface area contributed by atoms with Crippen molar-refractivity contribution in [1.29, 1.82) is 0 Å². The Balaban J connectivity index is 1.65. The summed E-state index contributed by atoms with van der Waals surface area (Å²) in [6.07, 6.45) is 0.706. The zero-order valence-corrected chi connectivity index (χ0v) is 16.2. The fraction of sp³-hybridized carbons (Fsp3) is 0.286. The van der Waals surface area contributed by atoms with Gasteiger partial charge >= 0.3 is 0 Å². The van der Waals surface area contributed by atoms with Crippen molar-refractivity contribution in [2.75, 3.05) is 32.7 Å². The molecule has 2 heterocycles. The normalized spacial score (nSPS) is 14.9. The second kappa shape index (κ2) is 7.44. The summed E-state index contributed by atoms with van der Waals surface area (Å²) in [7, 11) is 3.72. The minimum Gasteiger partial charge on any atom is -0.454 e. The van der Waals surface area contributed by atoms with Gasteiger partial charge in [-0.15, -0.1) is 5.10 Å². The number of ether oxygens (including phenoxy) is 2. The Kier molecular flexibility index (Phi) is 4.83. The van der Waals surface area contributed by atoms with Crippen LogP contribution in [0.4, 0.5) is 5.69 Å². The Labute approximate surface area is 163 Å². The number of carbonyl (C=O) groups excluding carboxylic acids is 1. The highest BCUT2D eigenvalue weighted by Crippen LogP contribution is 2.36. The number of fused-ring (bicyclic) bond motifs is 2. The minimum atomic E-state index is -0.0529. The number of carbonyl (C=O) groups is 1. The zero-order chi connectivity index (χ0) is 19.7. The molecule has 0 saturated carbocycles. The summed E-state index contributed by atoms with van der Waals surface area (Å²) in [5, 5.41) is 11.7. The molecule has 0 radical (unpaired) electrons. The smallest absolute Gasteiger partial charge is 0.238 e. The molecule has 0 aromatic heterocycles. The van der Waals surface area contributed by atoms with E-state index in [4.69, 9.17) is 9.47 Å². The van der Waals surface area contributed by atoms with Crippen molar-refractivity contribution in [2.24, 2.45) is 10.2 Å². The lowest BCUT2D eigenvalue weighted by atomic mass is 9.94. The van der Waals surface area contributed by atoms with Crippen molar-refractivity contribution >= 4 is 23.0 Å². The Morgan fingerprint density at radius 1 is 1.11 bits per heavy atom. The van der Waals surface area contributed by atoms with Crippen LogP contribution in [-0.2, 0) is 11.2 Å². The lowest BCUT2D eigenvalue weighted by Crippen LogP contribution is -2.27. The third kappa shape index (κ3) is 3.75. The molecule has 0 fully saturated rings. The average molecular weight is 378 g/mol. The molecular weight excluding hydrogens is 356 g/mol. The van der Waals surface area contributed by atoms with Crippen LogP contribution in [0.1, 0.15) is 23.6 Å². The third-order valence-electron chi connectivity index (χ3n) is 4.52. The molecule has 7 nitrogen and oxygen atoms in total. The highest BCUT2D eigenvalue weighted by atomic mass is 16.7. The molecule has 0 spiro atoms. The third-order valence-corrected chi connectivity index (χ3v) is 4.52. The maximum Gasteiger partial charge on any atom is 0.238 e. The van der Waals surface area contributed by atoms with Crippen LogP contribution in [0.15, 0.2) is 46.6 Å². The topological polar surface area (TPSA) is 75.5 Å². The van der Waals surface area contributed by atoms with E-state index < -0.39 is 0 Å². The lowest BCUT2D eigenvalue weighted by Gasteiger charge is -2.12. The molecule has 7 heteroatoms. The van der Waals surface area contributed by atoms with E-state index in [-0.39, 0.29) is 12.7 Å². The second-order valence-corrected chi connectivity index (χ2v) is 7.19. The summed E-state index contributed by atoms with van der Waals surface area (Å²) in [5.41, 5.74) is 5.46. The summed E-state index contributed by atoms with van der Waals surface area (Å²) in [5.74, 6) is 1.42. The van der Waals surface area contributed by atoms with E-state index in [9.17, 15) is 4.79 Å². The van der Waals surface area contributed by atoms with Crippen LogP contribution >= 0.6 is 0 Å². The van der Waals surface area contributed by atoms with Gasteiger partial charge in [0.05, 0.1) is 6.54 Å². The van der Waals surface area contributed by atoms with Crippen LogP contribution in [-0.4, -0.2) is 49.7 Å². The summed E-state index contributed by atoms with van der Waals surface area (Å²) in [6.45, 7) is 2.53. The molecule has 1 amide bonds. The van der Waals surface area contributed by atoms with E-state index in [1.165, 1.54) is 0 Å². The Hall–Kier alpha value is -3.19. The number of anilines is 1. The first-order valence-corrected chi connectivity index (χ1v) is 9.08. The molecule has 2 aromatic carbocycles. The number of nitrogens with one attached hydrogen (secondary N) is 1. The number of amides is 1. The predicted molar refractivity (Wildman–Crippen MR) is 109 cm³/mol. The molecule has 4 rings (SSSR count). The van der Waals surface area contributed by atoms with Crippen molar-refractivity contribution in [1.82, 2.24) is 4.90 Å². The maximum absolute atomic E-state index is 11.9. The number of rotatable bonds is 4. The summed E-state index contributed by atoms with van der Waals surface area (Å²) in [6, 6.07) is 11.6. The molecule has 0 atom stereocenters. The number of hydrogen-bond acceptors (Lipinski definition) is 6. The maximum atomic E-state index is 11.9. The van der Waals surface area contributed by atoms with Gasteiger partial charge in [-0.3, -0.25) is 4.79 Å². The predicted octanol–water partition coefficient (Wildman–Crippen LogP) is 2.68. The quantitative estimate of drug-likeness (QED) is 0.888. The summed E-state index contributed by atoms with van der Waals surface area (Å²) in [4.78, 5) is 13.8. The molecule has 2 aliphatic rings. The van der Waals surface area contributed by atoms with Gasteiger partial charge in [0.2, 0.25) is 12.7 Å². The highest BCUT2D eigenvalue weighted by Gasteiger charge is 2.22. The molecule has 144 valence electrons. The first-order chi connectivity index (χ1) is 13.5. The van der Waals surface area contributed by atoms with Crippen molar-refractivity contribution in [3.8, 4) is 11.5 Å². The Morgan fingerprint density at radius 2 is 1.82 bits per heavy atom. The number of hydrogen-bond donors (Lipinski definition) is 1. The van der Waals surface area contributed by atoms with E-state index in [0.29, 0.717) is 13.0 Å². The number of likely N-dealkylation sites (N-methyl/N-ethyl adjacent to an activating group) is 1. The first-order valence-electron chi connectivity index (χ1n) is 9.08. The van der Waals surface area contributed by atoms with Crippen molar-refractivity contribution < 1.29 is 14.3 Å². The van der Waals surface area contributed by atoms with Gasteiger partial charge in [-0.1, -0.05) is 12.1 Å². The van der Waals surface area contributed by atoms with Gasteiger partial charge in [0.15, 0.2) is 11.5 Å². The standard InChI is InChI=1S/C21H22N4O3/c1-13-8-15-9-18-19(28-12-27-18)10-17(15)21(24-23-13)14-4-6-16(7-5-14)22-20(26)11-25(2)3/h4-7,9-10H,8,11-12H2,1-3H3,(H,22,26). The van der Waals surface area contributed by atoms with Crippen molar-refractivity contribution in [3.63, 3.8) is 0 Å². The second-order valence-electron chi connectivity index (χ2n) is 7.19. The highest BCUT2D eigenvalue weighted by molar-refractivity contribution is 6.15. The van der Waals surface area contributed by atoms with Crippen molar-refractivity contribution in [3.05, 3.63) is 53.1 Å². The van der Waals surface area contributed by atoms with Crippen LogP contribution < -0.4 is 14.8 Å².